The van der Waals surface area contributed by atoms with E-state index in [1.54, 1.807) is 13.8 Å². The van der Waals surface area contributed by atoms with Crippen molar-refractivity contribution in [3.8, 4) is 0 Å². The molecule has 0 aromatic heterocycles. The molecule has 0 fully saturated rings. The average Bonchev–Trinajstić information content (AvgIpc) is 2.37. The summed E-state index contributed by atoms with van der Waals surface area (Å²) in [5.41, 5.74) is -1.60. The molecule has 0 aliphatic rings. The van der Waals surface area contributed by atoms with Gasteiger partial charge in [0.2, 0.25) is 0 Å². The number of carboxylic acid groups (broad SMARTS) is 1. The maximum absolute atomic E-state index is 11.8. The van der Waals surface area contributed by atoms with Crippen molar-refractivity contribution >= 4 is 17.6 Å². The second kappa shape index (κ2) is 5.94. The number of benzene rings is 1. The lowest BCUT2D eigenvalue weighted by molar-refractivity contribution is -0.385. The van der Waals surface area contributed by atoms with Crippen molar-refractivity contribution in [2.45, 2.75) is 26.4 Å². The van der Waals surface area contributed by atoms with Crippen molar-refractivity contribution in [3.05, 3.63) is 39.4 Å². The standard InChI is InChI=1S/C12H13NO6/c1-3-7(2)19-12(16)8-5-4-6-9(13(17)18)10(8)11(14)15/h4-7H,3H2,1-2H3,(H,14,15). The Morgan fingerprint density at radius 2 is 2.11 bits per heavy atom. The zero-order chi connectivity index (χ0) is 14.6. The van der Waals surface area contributed by atoms with Crippen LogP contribution < -0.4 is 0 Å². The van der Waals surface area contributed by atoms with Gasteiger partial charge in [0.05, 0.1) is 16.6 Å². The van der Waals surface area contributed by atoms with Gasteiger partial charge in [-0.05, 0) is 19.4 Å². The molecule has 0 saturated heterocycles. The van der Waals surface area contributed by atoms with Gasteiger partial charge in [0.1, 0.15) is 0 Å². The molecule has 0 aliphatic carbocycles. The highest BCUT2D eigenvalue weighted by atomic mass is 16.6. The number of aromatic carboxylic acids is 1. The number of hydrogen-bond donors (Lipinski definition) is 1. The van der Waals surface area contributed by atoms with Crippen molar-refractivity contribution in [2.24, 2.45) is 0 Å². The van der Waals surface area contributed by atoms with E-state index in [0.29, 0.717) is 6.42 Å². The zero-order valence-corrected chi connectivity index (χ0v) is 10.5. The quantitative estimate of drug-likeness (QED) is 0.498. The van der Waals surface area contributed by atoms with Crippen molar-refractivity contribution in [1.29, 1.82) is 0 Å². The first kappa shape index (κ1) is 14.6. The van der Waals surface area contributed by atoms with Gasteiger partial charge in [-0.1, -0.05) is 13.0 Å². The molecule has 1 rings (SSSR count). The summed E-state index contributed by atoms with van der Waals surface area (Å²) in [4.78, 5) is 32.8. The second-order valence-corrected chi connectivity index (χ2v) is 3.89. The summed E-state index contributed by atoms with van der Waals surface area (Å²) in [7, 11) is 0. The van der Waals surface area contributed by atoms with Crippen LogP contribution in [0.15, 0.2) is 18.2 Å². The number of hydrogen-bond acceptors (Lipinski definition) is 5. The van der Waals surface area contributed by atoms with Crippen molar-refractivity contribution in [1.82, 2.24) is 0 Å². The highest BCUT2D eigenvalue weighted by Gasteiger charge is 2.28. The van der Waals surface area contributed by atoms with Gasteiger partial charge < -0.3 is 9.84 Å². The fourth-order valence-electron chi connectivity index (χ4n) is 1.42. The SMILES string of the molecule is CCC(C)OC(=O)c1cccc([N+](=O)[O-])c1C(=O)O. The molecular weight excluding hydrogens is 254 g/mol. The van der Waals surface area contributed by atoms with Gasteiger partial charge in [-0.15, -0.1) is 0 Å². The lowest BCUT2D eigenvalue weighted by atomic mass is 10.1. The Balaban J connectivity index is 3.27. The number of carbonyl (C=O) groups excluding carboxylic acids is 1. The predicted octanol–water partition coefficient (Wildman–Crippen LogP) is 2.25. The van der Waals surface area contributed by atoms with Gasteiger partial charge in [0, 0.05) is 6.07 Å². The smallest absolute Gasteiger partial charge is 0.343 e. The van der Waals surface area contributed by atoms with Gasteiger partial charge >= 0.3 is 11.9 Å². The van der Waals surface area contributed by atoms with Crippen LogP contribution in [0.25, 0.3) is 0 Å². The number of esters is 1. The molecular formula is C12H13NO6. The van der Waals surface area contributed by atoms with E-state index in [2.05, 4.69) is 0 Å². The molecule has 0 amide bonds. The predicted molar refractivity (Wildman–Crippen MR) is 65.2 cm³/mol. The summed E-state index contributed by atoms with van der Waals surface area (Å²) in [5.74, 6) is -2.42. The largest absolute Gasteiger partial charge is 0.477 e. The Hall–Kier alpha value is -2.44. The maximum atomic E-state index is 11.8. The number of carbonyl (C=O) groups is 2. The molecule has 0 heterocycles. The van der Waals surface area contributed by atoms with E-state index in [1.807, 2.05) is 0 Å². The number of nitrogens with zero attached hydrogens (tertiary/aromatic N) is 1. The molecule has 7 heteroatoms. The summed E-state index contributed by atoms with van der Waals surface area (Å²) < 4.78 is 4.99. The zero-order valence-electron chi connectivity index (χ0n) is 10.5. The first-order chi connectivity index (χ1) is 8.88. The van der Waals surface area contributed by atoms with Crippen LogP contribution in [0.1, 0.15) is 41.0 Å². The Morgan fingerprint density at radius 1 is 1.47 bits per heavy atom. The van der Waals surface area contributed by atoms with Crippen LogP contribution in [-0.4, -0.2) is 28.1 Å². The van der Waals surface area contributed by atoms with Crippen LogP contribution in [0.4, 0.5) is 5.69 Å². The van der Waals surface area contributed by atoms with Crippen LogP contribution >= 0.6 is 0 Å². The minimum Gasteiger partial charge on any atom is -0.477 e. The molecule has 0 aliphatic heterocycles. The van der Waals surface area contributed by atoms with Crippen LogP contribution in [-0.2, 0) is 4.74 Å². The van der Waals surface area contributed by atoms with Crippen molar-refractivity contribution in [3.63, 3.8) is 0 Å². The number of nitro groups is 1. The topological polar surface area (TPSA) is 107 Å². The third-order valence-electron chi connectivity index (χ3n) is 2.56. The van der Waals surface area contributed by atoms with E-state index in [1.165, 1.54) is 12.1 Å². The third-order valence-corrected chi connectivity index (χ3v) is 2.56. The molecule has 0 spiro atoms. The van der Waals surface area contributed by atoms with Gasteiger partial charge in [-0.3, -0.25) is 10.1 Å². The van der Waals surface area contributed by atoms with E-state index in [0.717, 1.165) is 6.07 Å². The third kappa shape index (κ3) is 3.27. The number of ether oxygens (including phenoxy) is 1. The van der Waals surface area contributed by atoms with Crippen LogP contribution in [0.2, 0.25) is 0 Å². The maximum Gasteiger partial charge on any atom is 0.343 e. The van der Waals surface area contributed by atoms with E-state index in [4.69, 9.17) is 9.84 Å². The Morgan fingerprint density at radius 3 is 2.58 bits per heavy atom. The van der Waals surface area contributed by atoms with Gasteiger partial charge in [-0.25, -0.2) is 9.59 Å². The fourth-order valence-corrected chi connectivity index (χ4v) is 1.42. The first-order valence-corrected chi connectivity index (χ1v) is 5.60. The molecule has 0 bridgehead atoms. The van der Waals surface area contributed by atoms with Crippen molar-refractivity contribution in [2.75, 3.05) is 0 Å². The van der Waals surface area contributed by atoms with Crippen LogP contribution in [0.3, 0.4) is 0 Å². The van der Waals surface area contributed by atoms with Crippen molar-refractivity contribution < 1.29 is 24.4 Å². The normalized spacial score (nSPS) is 11.7. The molecule has 7 nitrogen and oxygen atoms in total. The minimum atomic E-state index is -1.54. The summed E-state index contributed by atoms with van der Waals surface area (Å²) in [5, 5.41) is 19.8. The van der Waals surface area contributed by atoms with Gasteiger partial charge in [-0.2, -0.15) is 0 Å². The number of nitro benzene ring substituents is 1. The number of rotatable bonds is 5. The molecule has 1 N–H and O–H groups in total. The summed E-state index contributed by atoms with van der Waals surface area (Å²) in [6.45, 7) is 3.44. The molecule has 0 radical (unpaired) electrons. The van der Waals surface area contributed by atoms with E-state index < -0.39 is 34.2 Å². The highest BCUT2D eigenvalue weighted by molar-refractivity contribution is 6.05. The average molecular weight is 267 g/mol. The monoisotopic (exact) mass is 267 g/mol. The highest BCUT2D eigenvalue weighted by Crippen LogP contribution is 2.23. The Labute approximate surface area is 109 Å². The summed E-state index contributed by atoms with van der Waals surface area (Å²) in [6.07, 6.45) is 0.164. The molecule has 0 saturated carbocycles. The van der Waals surface area contributed by atoms with Crippen LogP contribution in [0, 0.1) is 10.1 Å². The van der Waals surface area contributed by atoms with Crippen LogP contribution in [0.5, 0.6) is 0 Å². The van der Waals surface area contributed by atoms with E-state index >= 15 is 0 Å². The second-order valence-electron chi connectivity index (χ2n) is 3.89. The lowest BCUT2D eigenvalue weighted by Gasteiger charge is -2.12. The van der Waals surface area contributed by atoms with Gasteiger partial charge in [0.15, 0.2) is 5.56 Å². The van der Waals surface area contributed by atoms with Gasteiger partial charge in [0.25, 0.3) is 5.69 Å². The van der Waals surface area contributed by atoms with E-state index in [9.17, 15) is 19.7 Å². The molecule has 1 unspecified atom stereocenters. The minimum absolute atomic E-state index is 0.318. The fraction of sp³-hybridized carbons (Fsp3) is 0.333. The lowest BCUT2D eigenvalue weighted by Crippen LogP contribution is -2.18. The Kier molecular flexibility index (Phi) is 4.57. The summed E-state index contributed by atoms with van der Waals surface area (Å²) in [6, 6.07) is 3.47. The Bertz CT molecular complexity index is 525. The summed E-state index contributed by atoms with van der Waals surface area (Å²) >= 11 is 0. The first-order valence-electron chi connectivity index (χ1n) is 5.60. The molecule has 19 heavy (non-hydrogen) atoms. The molecule has 1 aromatic rings. The molecule has 102 valence electrons. The number of carboxylic acids is 1. The van der Waals surface area contributed by atoms with E-state index in [-0.39, 0.29) is 5.56 Å². The molecule has 1 atom stereocenters. The molecule has 1 aromatic carbocycles.